The molecule has 0 radical (unpaired) electrons. The van der Waals surface area contributed by atoms with E-state index in [0.29, 0.717) is 11.6 Å². The summed E-state index contributed by atoms with van der Waals surface area (Å²) in [4.78, 5) is 15.2. The van der Waals surface area contributed by atoms with Gasteiger partial charge in [0.1, 0.15) is 18.4 Å². The van der Waals surface area contributed by atoms with E-state index < -0.39 is 5.97 Å². The molecule has 7 heteroatoms. The SMILES string of the molecule is Cc1cc(C)n([C@@H](C)c2nc(C)nn2CC(=O)O)n1. The number of aliphatic carboxylic acids is 1. The van der Waals surface area contributed by atoms with Crippen LogP contribution in [0.3, 0.4) is 0 Å². The maximum atomic E-state index is 10.8. The van der Waals surface area contributed by atoms with Crippen LogP contribution in [-0.4, -0.2) is 35.6 Å². The molecule has 0 aromatic carbocycles. The summed E-state index contributed by atoms with van der Waals surface area (Å²) in [6.07, 6.45) is 0. The van der Waals surface area contributed by atoms with Gasteiger partial charge in [-0.05, 0) is 33.8 Å². The first kappa shape index (κ1) is 13.3. The minimum Gasteiger partial charge on any atom is -0.480 e. The fraction of sp³-hybridized carbons (Fsp3) is 0.500. The number of rotatable bonds is 4. The van der Waals surface area contributed by atoms with Gasteiger partial charge in [-0.3, -0.25) is 9.48 Å². The van der Waals surface area contributed by atoms with Gasteiger partial charge in [-0.15, -0.1) is 0 Å². The molecule has 0 saturated heterocycles. The summed E-state index contributed by atoms with van der Waals surface area (Å²) < 4.78 is 3.25. The van der Waals surface area contributed by atoms with Crippen LogP contribution in [-0.2, 0) is 11.3 Å². The normalized spacial score (nSPS) is 12.6. The molecule has 0 saturated carbocycles. The van der Waals surface area contributed by atoms with E-state index in [1.807, 2.05) is 31.5 Å². The number of carbonyl (C=O) groups is 1. The summed E-state index contributed by atoms with van der Waals surface area (Å²) in [5.41, 5.74) is 1.93. The Balaban J connectivity index is 2.40. The summed E-state index contributed by atoms with van der Waals surface area (Å²) in [5.74, 6) is 0.224. The quantitative estimate of drug-likeness (QED) is 0.892. The van der Waals surface area contributed by atoms with Crippen LogP contribution < -0.4 is 0 Å². The maximum Gasteiger partial charge on any atom is 0.325 e. The number of nitrogens with zero attached hydrogens (tertiary/aromatic N) is 5. The van der Waals surface area contributed by atoms with Crippen LogP contribution in [0.25, 0.3) is 0 Å². The molecule has 0 amide bonds. The molecule has 0 aliphatic heterocycles. The summed E-state index contributed by atoms with van der Waals surface area (Å²) in [5, 5.41) is 17.4. The molecule has 19 heavy (non-hydrogen) atoms. The standard InChI is InChI=1S/C12H17N5O2/c1-7-5-8(2)17(14-7)9(3)12-13-10(4)15-16(12)6-11(18)19/h5,9H,6H2,1-4H3,(H,18,19)/t9-/m0/s1. The highest BCUT2D eigenvalue weighted by Crippen LogP contribution is 2.18. The second-order valence-corrected chi connectivity index (χ2v) is 4.62. The van der Waals surface area contributed by atoms with E-state index in [-0.39, 0.29) is 12.6 Å². The zero-order valence-corrected chi connectivity index (χ0v) is 11.5. The average Bonchev–Trinajstić information content (AvgIpc) is 2.80. The Morgan fingerprint density at radius 2 is 2.05 bits per heavy atom. The second kappa shape index (κ2) is 4.83. The molecule has 102 valence electrons. The van der Waals surface area contributed by atoms with Gasteiger partial charge in [0.25, 0.3) is 0 Å². The molecule has 0 aliphatic rings. The van der Waals surface area contributed by atoms with Crippen LogP contribution in [0.15, 0.2) is 6.07 Å². The van der Waals surface area contributed by atoms with E-state index in [9.17, 15) is 4.79 Å². The highest BCUT2D eigenvalue weighted by atomic mass is 16.4. The molecule has 0 unspecified atom stereocenters. The van der Waals surface area contributed by atoms with Gasteiger partial charge < -0.3 is 5.11 Å². The van der Waals surface area contributed by atoms with Gasteiger partial charge in [-0.1, -0.05) is 0 Å². The Kier molecular flexibility index (Phi) is 3.37. The van der Waals surface area contributed by atoms with Crippen LogP contribution in [0.5, 0.6) is 0 Å². The molecular formula is C12H17N5O2. The summed E-state index contributed by atoms with van der Waals surface area (Å²) in [6, 6.07) is 1.82. The predicted molar refractivity (Wildman–Crippen MR) is 67.9 cm³/mol. The number of aryl methyl sites for hydroxylation is 3. The van der Waals surface area contributed by atoms with Crippen molar-refractivity contribution in [2.45, 2.75) is 40.3 Å². The van der Waals surface area contributed by atoms with Crippen LogP contribution >= 0.6 is 0 Å². The zero-order valence-electron chi connectivity index (χ0n) is 11.5. The van der Waals surface area contributed by atoms with Crippen molar-refractivity contribution in [3.63, 3.8) is 0 Å². The monoisotopic (exact) mass is 263 g/mol. The van der Waals surface area contributed by atoms with E-state index >= 15 is 0 Å². The third kappa shape index (κ3) is 2.64. The van der Waals surface area contributed by atoms with Crippen LogP contribution in [0.4, 0.5) is 0 Å². The fourth-order valence-electron chi connectivity index (χ4n) is 2.17. The van der Waals surface area contributed by atoms with E-state index in [1.54, 1.807) is 6.92 Å². The van der Waals surface area contributed by atoms with Crippen molar-refractivity contribution in [2.75, 3.05) is 0 Å². The van der Waals surface area contributed by atoms with E-state index in [2.05, 4.69) is 15.2 Å². The number of carboxylic acids is 1. The number of aromatic nitrogens is 5. The Labute approximate surface area is 110 Å². The molecule has 1 N–H and O–H groups in total. The largest absolute Gasteiger partial charge is 0.480 e. The lowest BCUT2D eigenvalue weighted by atomic mass is 10.3. The van der Waals surface area contributed by atoms with Gasteiger partial charge in [0, 0.05) is 5.69 Å². The second-order valence-electron chi connectivity index (χ2n) is 4.62. The smallest absolute Gasteiger partial charge is 0.325 e. The lowest BCUT2D eigenvalue weighted by Gasteiger charge is -2.14. The van der Waals surface area contributed by atoms with Crippen LogP contribution in [0.1, 0.15) is 36.0 Å². The minimum atomic E-state index is -0.938. The summed E-state index contributed by atoms with van der Waals surface area (Å²) >= 11 is 0. The van der Waals surface area contributed by atoms with Gasteiger partial charge in [0.05, 0.1) is 5.69 Å². The van der Waals surface area contributed by atoms with Crippen molar-refractivity contribution < 1.29 is 9.90 Å². The van der Waals surface area contributed by atoms with Crippen molar-refractivity contribution in [1.29, 1.82) is 0 Å². The molecule has 2 heterocycles. The van der Waals surface area contributed by atoms with E-state index in [1.165, 1.54) is 4.68 Å². The minimum absolute atomic E-state index is 0.158. The van der Waals surface area contributed by atoms with Crippen molar-refractivity contribution in [3.05, 3.63) is 29.1 Å². The van der Waals surface area contributed by atoms with Gasteiger partial charge in [-0.25, -0.2) is 9.67 Å². The summed E-state index contributed by atoms with van der Waals surface area (Å²) in [6.45, 7) is 7.36. The molecule has 0 spiro atoms. The van der Waals surface area contributed by atoms with Gasteiger partial charge in [-0.2, -0.15) is 10.2 Å². The van der Waals surface area contributed by atoms with E-state index in [4.69, 9.17) is 5.11 Å². The number of hydrogen-bond acceptors (Lipinski definition) is 4. The highest BCUT2D eigenvalue weighted by Gasteiger charge is 2.20. The Morgan fingerprint density at radius 1 is 1.37 bits per heavy atom. The lowest BCUT2D eigenvalue weighted by Crippen LogP contribution is -2.19. The maximum absolute atomic E-state index is 10.8. The molecule has 2 rings (SSSR count). The van der Waals surface area contributed by atoms with Crippen LogP contribution in [0.2, 0.25) is 0 Å². The molecule has 0 bridgehead atoms. The topological polar surface area (TPSA) is 85.8 Å². The van der Waals surface area contributed by atoms with Crippen molar-refractivity contribution in [3.8, 4) is 0 Å². The van der Waals surface area contributed by atoms with Gasteiger partial charge >= 0.3 is 5.97 Å². The van der Waals surface area contributed by atoms with Gasteiger partial charge in [0.15, 0.2) is 5.82 Å². The Bertz CT molecular complexity index is 614. The van der Waals surface area contributed by atoms with Crippen molar-refractivity contribution in [2.24, 2.45) is 0 Å². The number of carboxylic acid groups (broad SMARTS) is 1. The van der Waals surface area contributed by atoms with E-state index in [0.717, 1.165) is 11.4 Å². The third-order valence-electron chi connectivity index (χ3n) is 2.88. The summed E-state index contributed by atoms with van der Waals surface area (Å²) in [7, 11) is 0. The predicted octanol–water partition coefficient (Wildman–Crippen LogP) is 1.09. The Morgan fingerprint density at radius 3 is 2.58 bits per heavy atom. The first-order valence-corrected chi connectivity index (χ1v) is 6.04. The zero-order chi connectivity index (χ0) is 14.2. The first-order valence-electron chi connectivity index (χ1n) is 6.04. The van der Waals surface area contributed by atoms with Crippen LogP contribution in [0, 0.1) is 20.8 Å². The Hall–Kier alpha value is -2.18. The van der Waals surface area contributed by atoms with Crippen molar-refractivity contribution in [1.82, 2.24) is 24.5 Å². The third-order valence-corrected chi connectivity index (χ3v) is 2.88. The number of hydrogen-bond donors (Lipinski definition) is 1. The average molecular weight is 263 g/mol. The fourth-order valence-corrected chi connectivity index (χ4v) is 2.17. The van der Waals surface area contributed by atoms with Gasteiger partial charge in [0.2, 0.25) is 0 Å². The highest BCUT2D eigenvalue weighted by molar-refractivity contribution is 5.66. The molecular weight excluding hydrogens is 246 g/mol. The molecule has 2 aromatic rings. The molecule has 1 atom stereocenters. The van der Waals surface area contributed by atoms with Crippen molar-refractivity contribution >= 4 is 5.97 Å². The molecule has 0 fully saturated rings. The molecule has 0 aliphatic carbocycles. The first-order chi connectivity index (χ1) is 8.88. The molecule has 2 aromatic heterocycles. The molecule has 7 nitrogen and oxygen atoms in total. The lowest BCUT2D eigenvalue weighted by molar-refractivity contribution is -0.137.